The van der Waals surface area contributed by atoms with Gasteiger partial charge in [0.2, 0.25) is 11.8 Å². The molecule has 3 aromatic rings. The van der Waals surface area contributed by atoms with Crippen molar-refractivity contribution in [3.63, 3.8) is 0 Å². The van der Waals surface area contributed by atoms with E-state index in [9.17, 15) is 22.4 Å². The van der Waals surface area contributed by atoms with Gasteiger partial charge in [-0.05, 0) is 75.7 Å². The number of nitrogens with zero attached hydrogens (tertiary/aromatic N) is 2. The Kier molecular flexibility index (Phi) is 9.32. The molecule has 224 valence electrons. The van der Waals surface area contributed by atoms with Crippen LogP contribution < -0.4 is 19.1 Å². The van der Waals surface area contributed by atoms with Gasteiger partial charge in [-0.15, -0.1) is 0 Å². The first-order valence-corrected chi connectivity index (χ1v) is 15.1. The molecule has 1 atom stereocenters. The van der Waals surface area contributed by atoms with E-state index < -0.39 is 45.8 Å². The molecular weight excluding hydrogens is 585 g/mol. The normalized spacial score (nSPS) is 13.7. The van der Waals surface area contributed by atoms with Gasteiger partial charge < -0.3 is 19.7 Å². The number of sulfonamides is 1. The standard InChI is InChI=1S/C30H33ClFN3O6S/c1-20(29(37)33-30(2,3)4)34(18-21-7-5-6-8-25(21)31)28(36)19-35(23-11-9-22(32)10-12-23)42(38,39)24-13-14-26-27(17-24)41-16-15-40-26/h5-14,17,20H,15-16,18-19H2,1-4H3,(H,33,37)/t20-/m0/s1. The van der Waals surface area contributed by atoms with Crippen LogP contribution in [0.25, 0.3) is 0 Å². The first-order chi connectivity index (χ1) is 19.8. The number of fused-ring (bicyclic) bond motifs is 1. The van der Waals surface area contributed by atoms with Crippen molar-refractivity contribution in [2.75, 3.05) is 24.1 Å². The zero-order valence-corrected chi connectivity index (χ0v) is 25.3. The first-order valence-electron chi connectivity index (χ1n) is 13.3. The molecule has 42 heavy (non-hydrogen) atoms. The van der Waals surface area contributed by atoms with Crippen molar-refractivity contribution in [3.05, 3.63) is 83.1 Å². The van der Waals surface area contributed by atoms with E-state index in [0.717, 1.165) is 16.4 Å². The fourth-order valence-electron chi connectivity index (χ4n) is 4.31. The molecule has 0 aliphatic carbocycles. The third-order valence-corrected chi connectivity index (χ3v) is 8.60. The fraction of sp³-hybridized carbons (Fsp3) is 0.333. The van der Waals surface area contributed by atoms with Gasteiger partial charge in [0.1, 0.15) is 31.6 Å². The number of halogens is 2. The molecule has 1 aliphatic rings. The molecule has 4 rings (SSSR count). The zero-order chi connectivity index (χ0) is 30.7. The smallest absolute Gasteiger partial charge is 0.264 e. The quantitative estimate of drug-likeness (QED) is 0.371. The number of nitrogens with one attached hydrogen (secondary N) is 1. The highest BCUT2D eigenvalue weighted by Gasteiger charge is 2.34. The van der Waals surface area contributed by atoms with E-state index in [1.807, 2.05) is 20.8 Å². The topological polar surface area (TPSA) is 105 Å². The summed E-state index contributed by atoms with van der Waals surface area (Å²) in [6, 6.07) is 14.8. The van der Waals surface area contributed by atoms with E-state index in [0.29, 0.717) is 22.9 Å². The van der Waals surface area contributed by atoms with Crippen LogP contribution in [0.2, 0.25) is 5.02 Å². The molecule has 0 spiro atoms. The van der Waals surface area contributed by atoms with E-state index >= 15 is 0 Å². The maximum atomic E-state index is 14.0. The lowest BCUT2D eigenvalue weighted by Gasteiger charge is -2.33. The second-order valence-electron chi connectivity index (χ2n) is 10.8. The minimum Gasteiger partial charge on any atom is -0.486 e. The third-order valence-electron chi connectivity index (χ3n) is 6.46. The Morgan fingerprint density at radius 1 is 1.00 bits per heavy atom. The van der Waals surface area contributed by atoms with Crippen molar-refractivity contribution in [2.24, 2.45) is 0 Å². The van der Waals surface area contributed by atoms with E-state index in [-0.39, 0.29) is 29.5 Å². The molecule has 1 heterocycles. The SMILES string of the molecule is C[C@@H](C(=O)NC(C)(C)C)N(Cc1ccccc1Cl)C(=O)CN(c1ccc(F)cc1)S(=O)(=O)c1ccc2c(c1)OCCO2. The number of benzene rings is 3. The molecule has 1 N–H and O–H groups in total. The molecule has 0 fully saturated rings. The van der Waals surface area contributed by atoms with Crippen molar-refractivity contribution in [1.82, 2.24) is 10.2 Å². The van der Waals surface area contributed by atoms with Crippen molar-refractivity contribution in [1.29, 1.82) is 0 Å². The van der Waals surface area contributed by atoms with Gasteiger partial charge in [0.25, 0.3) is 10.0 Å². The van der Waals surface area contributed by atoms with Crippen LogP contribution in [0.1, 0.15) is 33.3 Å². The average molecular weight is 618 g/mol. The molecule has 1 aliphatic heterocycles. The van der Waals surface area contributed by atoms with Crippen LogP contribution in [-0.4, -0.2) is 56.5 Å². The van der Waals surface area contributed by atoms with Gasteiger partial charge in [0, 0.05) is 23.2 Å². The van der Waals surface area contributed by atoms with Crippen LogP contribution in [0.4, 0.5) is 10.1 Å². The highest BCUT2D eigenvalue weighted by atomic mass is 35.5. The predicted molar refractivity (Wildman–Crippen MR) is 158 cm³/mol. The zero-order valence-electron chi connectivity index (χ0n) is 23.8. The first kappa shape index (κ1) is 31.1. The summed E-state index contributed by atoms with van der Waals surface area (Å²) in [7, 11) is -4.38. The molecule has 0 aromatic heterocycles. The summed E-state index contributed by atoms with van der Waals surface area (Å²) in [5.74, 6) is -1.02. The lowest BCUT2D eigenvalue weighted by Crippen LogP contribution is -2.54. The Hall–Kier alpha value is -3.83. The summed E-state index contributed by atoms with van der Waals surface area (Å²) in [6.07, 6.45) is 0. The molecule has 0 saturated carbocycles. The molecule has 0 radical (unpaired) electrons. The van der Waals surface area contributed by atoms with E-state index in [1.54, 1.807) is 31.2 Å². The van der Waals surface area contributed by atoms with Gasteiger partial charge in [-0.3, -0.25) is 13.9 Å². The van der Waals surface area contributed by atoms with Gasteiger partial charge in [-0.25, -0.2) is 12.8 Å². The molecule has 9 nitrogen and oxygen atoms in total. The highest BCUT2D eigenvalue weighted by Crippen LogP contribution is 2.34. The van der Waals surface area contributed by atoms with Crippen LogP contribution in [0.3, 0.4) is 0 Å². The Balaban J connectivity index is 1.73. The predicted octanol–water partition coefficient (Wildman–Crippen LogP) is 4.78. The molecule has 2 amide bonds. The summed E-state index contributed by atoms with van der Waals surface area (Å²) in [6.45, 7) is 6.85. The lowest BCUT2D eigenvalue weighted by molar-refractivity contribution is -0.140. The van der Waals surface area contributed by atoms with Crippen molar-refractivity contribution >= 4 is 39.1 Å². The van der Waals surface area contributed by atoms with Crippen LogP contribution in [0.15, 0.2) is 71.6 Å². The van der Waals surface area contributed by atoms with Gasteiger partial charge in [-0.1, -0.05) is 29.8 Å². The van der Waals surface area contributed by atoms with Crippen molar-refractivity contribution in [3.8, 4) is 11.5 Å². The number of hydrogen-bond donors (Lipinski definition) is 1. The molecular formula is C30H33ClFN3O6S. The number of carbonyl (C=O) groups excluding carboxylic acids is 2. The lowest BCUT2D eigenvalue weighted by atomic mass is 10.1. The Morgan fingerprint density at radius 3 is 2.29 bits per heavy atom. The number of carbonyl (C=O) groups is 2. The number of amides is 2. The van der Waals surface area contributed by atoms with E-state index in [4.69, 9.17) is 21.1 Å². The maximum absolute atomic E-state index is 14.0. The summed E-state index contributed by atoms with van der Waals surface area (Å²) >= 11 is 6.39. The van der Waals surface area contributed by atoms with Gasteiger partial charge in [0.15, 0.2) is 11.5 Å². The number of anilines is 1. The second-order valence-corrected chi connectivity index (χ2v) is 13.1. The van der Waals surface area contributed by atoms with Gasteiger partial charge >= 0.3 is 0 Å². The fourth-order valence-corrected chi connectivity index (χ4v) is 5.94. The Bertz CT molecular complexity index is 1560. The molecule has 3 aromatic carbocycles. The number of hydrogen-bond acceptors (Lipinski definition) is 6. The summed E-state index contributed by atoms with van der Waals surface area (Å²) in [5.41, 5.74) is 0.0571. The van der Waals surface area contributed by atoms with Gasteiger partial charge in [-0.2, -0.15) is 0 Å². The largest absolute Gasteiger partial charge is 0.486 e. The van der Waals surface area contributed by atoms with Crippen LogP contribution in [0.5, 0.6) is 11.5 Å². The van der Waals surface area contributed by atoms with Crippen LogP contribution in [-0.2, 0) is 26.2 Å². The monoisotopic (exact) mass is 617 g/mol. The summed E-state index contributed by atoms with van der Waals surface area (Å²) in [4.78, 5) is 28.3. The molecule has 0 unspecified atom stereocenters. The number of ether oxygens (including phenoxy) is 2. The van der Waals surface area contributed by atoms with Crippen LogP contribution in [0, 0.1) is 5.82 Å². The van der Waals surface area contributed by atoms with Crippen molar-refractivity contribution in [2.45, 2.75) is 50.7 Å². The van der Waals surface area contributed by atoms with E-state index in [2.05, 4.69) is 5.32 Å². The molecule has 0 bridgehead atoms. The van der Waals surface area contributed by atoms with E-state index in [1.165, 1.54) is 35.2 Å². The molecule has 0 saturated heterocycles. The maximum Gasteiger partial charge on any atom is 0.264 e. The molecule has 12 heteroatoms. The number of rotatable bonds is 9. The third kappa shape index (κ3) is 7.32. The summed E-state index contributed by atoms with van der Waals surface area (Å²) < 4.78 is 53.8. The second kappa shape index (κ2) is 12.6. The van der Waals surface area contributed by atoms with Crippen LogP contribution >= 0.6 is 11.6 Å². The van der Waals surface area contributed by atoms with Gasteiger partial charge in [0.05, 0.1) is 10.6 Å². The Morgan fingerprint density at radius 2 is 1.64 bits per heavy atom. The minimum atomic E-state index is -4.38. The Labute approximate surface area is 250 Å². The highest BCUT2D eigenvalue weighted by molar-refractivity contribution is 7.92. The van der Waals surface area contributed by atoms with Crippen molar-refractivity contribution < 1.29 is 31.9 Å². The average Bonchev–Trinajstić information content (AvgIpc) is 2.94. The summed E-state index contributed by atoms with van der Waals surface area (Å²) in [5, 5.41) is 3.25. The minimum absolute atomic E-state index is 0.0570.